The molecule has 1 N–H and O–H groups in total. The molecule has 3 rings (SSSR count). The van der Waals surface area contributed by atoms with E-state index in [-0.39, 0.29) is 36.3 Å². The van der Waals surface area contributed by atoms with Gasteiger partial charge in [0.1, 0.15) is 11.6 Å². The highest BCUT2D eigenvalue weighted by Crippen LogP contribution is 2.64. The van der Waals surface area contributed by atoms with Gasteiger partial charge in [-0.15, -0.1) is 13.2 Å². The molecule has 0 saturated carbocycles. The molecule has 8 nitrogen and oxygen atoms in total. The summed E-state index contributed by atoms with van der Waals surface area (Å²) in [5, 5.41) is 10.4. The molecule has 0 aromatic rings. The Balaban J connectivity index is 2.15. The number of nitrogens with zero attached hydrogens (tertiary/aromatic N) is 3. The fourth-order valence-electron chi connectivity index (χ4n) is 6.61. The van der Waals surface area contributed by atoms with Crippen LogP contribution >= 0.6 is 0 Å². The van der Waals surface area contributed by atoms with Gasteiger partial charge in [0.05, 0.1) is 30.1 Å². The summed E-state index contributed by atoms with van der Waals surface area (Å²) in [7, 11) is 1.70. The van der Waals surface area contributed by atoms with Crippen LogP contribution in [0.25, 0.3) is 0 Å². The quantitative estimate of drug-likeness (QED) is 0.450. The fraction of sp³-hybridized carbons (Fsp3) is 0.741. The molecule has 2 bridgehead atoms. The lowest BCUT2D eigenvalue weighted by molar-refractivity contribution is -0.157. The molecule has 3 aliphatic heterocycles. The molecule has 0 aromatic heterocycles. The van der Waals surface area contributed by atoms with Crippen LogP contribution in [-0.4, -0.2) is 93.6 Å². The van der Waals surface area contributed by atoms with E-state index in [2.05, 4.69) is 13.2 Å². The Morgan fingerprint density at radius 1 is 1.17 bits per heavy atom. The van der Waals surface area contributed by atoms with Gasteiger partial charge < -0.3 is 24.5 Å². The van der Waals surface area contributed by atoms with E-state index in [1.54, 1.807) is 33.9 Å². The fourth-order valence-corrected chi connectivity index (χ4v) is 6.61. The van der Waals surface area contributed by atoms with Crippen LogP contribution < -0.4 is 0 Å². The second kappa shape index (κ2) is 10.1. The first kappa shape index (κ1) is 27.4. The maximum atomic E-state index is 14.2. The average Bonchev–Trinajstić information content (AvgIpc) is 3.35. The highest BCUT2D eigenvalue weighted by molar-refractivity contribution is 5.99. The zero-order chi connectivity index (χ0) is 26.3. The van der Waals surface area contributed by atoms with Crippen LogP contribution in [0.15, 0.2) is 25.3 Å². The Kier molecular flexibility index (Phi) is 7.87. The zero-order valence-corrected chi connectivity index (χ0v) is 22.2. The van der Waals surface area contributed by atoms with Crippen molar-refractivity contribution in [2.45, 2.75) is 83.2 Å². The van der Waals surface area contributed by atoms with Gasteiger partial charge in [-0.05, 0) is 46.0 Å². The number of hydrogen-bond donors (Lipinski definition) is 1. The van der Waals surface area contributed by atoms with E-state index >= 15 is 0 Å². The van der Waals surface area contributed by atoms with Gasteiger partial charge >= 0.3 is 0 Å². The Bertz CT molecular complexity index is 873. The molecule has 3 heterocycles. The summed E-state index contributed by atoms with van der Waals surface area (Å²) in [5.41, 5.74) is -1.93. The van der Waals surface area contributed by atoms with Gasteiger partial charge in [-0.3, -0.25) is 14.4 Å². The predicted octanol–water partition coefficient (Wildman–Crippen LogP) is 2.23. The maximum absolute atomic E-state index is 14.2. The molecule has 0 aromatic carbocycles. The predicted molar refractivity (Wildman–Crippen MR) is 134 cm³/mol. The summed E-state index contributed by atoms with van der Waals surface area (Å²) in [4.78, 5) is 46.9. The monoisotopic (exact) mass is 489 g/mol. The van der Waals surface area contributed by atoms with Gasteiger partial charge in [-0.25, -0.2) is 0 Å². The molecule has 8 heteroatoms. The van der Waals surface area contributed by atoms with E-state index < -0.39 is 35.1 Å². The van der Waals surface area contributed by atoms with E-state index in [0.717, 1.165) is 0 Å². The van der Waals surface area contributed by atoms with Gasteiger partial charge in [0.15, 0.2) is 0 Å². The Hall–Kier alpha value is -2.19. The highest BCUT2D eigenvalue weighted by Gasteiger charge is 2.78. The second-order valence-electron chi connectivity index (χ2n) is 11.3. The highest BCUT2D eigenvalue weighted by atomic mass is 16.5. The lowest BCUT2D eigenvalue weighted by atomic mass is 9.66. The van der Waals surface area contributed by atoms with Crippen LogP contribution in [0.1, 0.15) is 53.9 Å². The van der Waals surface area contributed by atoms with Crippen molar-refractivity contribution in [3.05, 3.63) is 25.3 Å². The van der Waals surface area contributed by atoms with Gasteiger partial charge in [0.25, 0.3) is 0 Å². The third-order valence-corrected chi connectivity index (χ3v) is 8.07. The zero-order valence-electron chi connectivity index (χ0n) is 22.2. The first-order valence-corrected chi connectivity index (χ1v) is 12.8. The van der Waals surface area contributed by atoms with Crippen LogP contribution in [0.4, 0.5) is 0 Å². The number of amides is 3. The lowest BCUT2D eigenvalue weighted by Gasteiger charge is -2.40. The van der Waals surface area contributed by atoms with Crippen molar-refractivity contribution >= 4 is 17.7 Å². The molecule has 2 unspecified atom stereocenters. The first-order chi connectivity index (χ1) is 16.4. The Morgan fingerprint density at radius 3 is 2.31 bits per heavy atom. The van der Waals surface area contributed by atoms with Gasteiger partial charge in [0.2, 0.25) is 17.7 Å². The third kappa shape index (κ3) is 4.33. The molecule has 3 fully saturated rings. The Labute approximate surface area is 210 Å². The minimum absolute atomic E-state index is 0.115. The van der Waals surface area contributed by atoms with Crippen molar-refractivity contribution in [3.63, 3.8) is 0 Å². The summed E-state index contributed by atoms with van der Waals surface area (Å²) in [6.45, 7) is 17.8. The number of ether oxygens (including phenoxy) is 1. The van der Waals surface area contributed by atoms with E-state index in [9.17, 15) is 19.5 Å². The van der Waals surface area contributed by atoms with E-state index in [0.29, 0.717) is 32.4 Å². The number of carbonyl (C=O) groups is 3. The second-order valence-corrected chi connectivity index (χ2v) is 11.3. The van der Waals surface area contributed by atoms with Crippen molar-refractivity contribution in [2.24, 2.45) is 17.8 Å². The summed E-state index contributed by atoms with van der Waals surface area (Å²) >= 11 is 0. The molecule has 6 atom stereocenters. The summed E-state index contributed by atoms with van der Waals surface area (Å²) in [5.74, 6) is -1.91. The summed E-state index contributed by atoms with van der Waals surface area (Å²) in [6, 6.07) is -1.55. The molecule has 0 radical (unpaired) electrons. The van der Waals surface area contributed by atoms with Crippen LogP contribution in [0.2, 0.25) is 0 Å². The minimum atomic E-state index is -1.10. The smallest absolute Gasteiger partial charge is 0.248 e. The van der Waals surface area contributed by atoms with Gasteiger partial charge in [-0.1, -0.05) is 26.0 Å². The number of likely N-dealkylation sites (tertiary alicyclic amines) is 1. The lowest BCUT2D eigenvalue weighted by Crippen LogP contribution is -2.60. The number of carbonyl (C=O) groups excluding carboxylic acids is 3. The SMILES string of the molecule is C=CCN(C)C(=O)[C@@H]1[C@H]2C(=O)N([C@@H](CO)CC(C)C)C(C(=O)N(CC=C)C(C)C)C23CC[C@@]1(C)O3. The largest absolute Gasteiger partial charge is 0.394 e. The van der Waals surface area contributed by atoms with Gasteiger partial charge in [-0.2, -0.15) is 0 Å². The van der Waals surface area contributed by atoms with Crippen molar-refractivity contribution in [2.75, 3.05) is 26.7 Å². The molecule has 3 saturated heterocycles. The molecule has 1 spiro atoms. The van der Waals surface area contributed by atoms with E-state index in [4.69, 9.17) is 4.74 Å². The van der Waals surface area contributed by atoms with Gasteiger partial charge in [0, 0.05) is 26.2 Å². The number of hydrogen-bond acceptors (Lipinski definition) is 5. The average molecular weight is 490 g/mol. The molecule has 196 valence electrons. The third-order valence-electron chi connectivity index (χ3n) is 8.07. The molecule has 3 aliphatic rings. The normalized spacial score (nSPS) is 32.2. The van der Waals surface area contributed by atoms with Crippen molar-refractivity contribution < 1.29 is 24.2 Å². The minimum Gasteiger partial charge on any atom is -0.394 e. The topological polar surface area (TPSA) is 90.4 Å². The number of aliphatic hydroxyl groups is 1. The number of likely N-dealkylation sites (N-methyl/N-ethyl adjacent to an activating group) is 1. The molecular weight excluding hydrogens is 446 g/mol. The van der Waals surface area contributed by atoms with Crippen LogP contribution in [-0.2, 0) is 19.1 Å². The maximum Gasteiger partial charge on any atom is 0.248 e. The van der Waals surface area contributed by atoms with Crippen LogP contribution in [0, 0.1) is 17.8 Å². The molecule has 35 heavy (non-hydrogen) atoms. The number of fused-ring (bicyclic) bond motifs is 1. The van der Waals surface area contributed by atoms with Crippen molar-refractivity contribution in [3.8, 4) is 0 Å². The molecule has 3 amide bonds. The van der Waals surface area contributed by atoms with Crippen molar-refractivity contribution in [1.29, 1.82) is 0 Å². The molecular formula is C27H43N3O5. The molecule has 0 aliphatic carbocycles. The first-order valence-electron chi connectivity index (χ1n) is 12.8. The summed E-state index contributed by atoms with van der Waals surface area (Å²) in [6.07, 6.45) is 4.98. The van der Waals surface area contributed by atoms with Crippen LogP contribution in [0.5, 0.6) is 0 Å². The van der Waals surface area contributed by atoms with Crippen LogP contribution in [0.3, 0.4) is 0 Å². The van der Waals surface area contributed by atoms with Crippen molar-refractivity contribution in [1.82, 2.24) is 14.7 Å². The van der Waals surface area contributed by atoms with E-state index in [1.807, 2.05) is 34.6 Å². The van der Waals surface area contributed by atoms with E-state index in [1.165, 1.54) is 0 Å². The number of rotatable bonds is 11. The number of aliphatic hydroxyl groups excluding tert-OH is 1. The summed E-state index contributed by atoms with van der Waals surface area (Å²) < 4.78 is 6.68. The Morgan fingerprint density at radius 2 is 1.80 bits per heavy atom. The standard InChI is InChI=1S/C27H43N3O5/c1-9-13-28(8)23(32)20-21-24(33)30(19(16-31)15-17(3)4)22(25(34)29(14-10-2)18(5)6)27(21)12-11-26(20,7)35-27/h9-10,17-22,31H,1-2,11-16H2,3-8H3/t19-,20+,21+,22?,26-,27?/m1/s1.